The Kier molecular flexibility index (Phi) is 6.74. The molecular formula is C29H34O4. The molecule has 4 heteroatoms. The SMILES string of the molecule is COCCOCOc1ccc(C#Cc2ccc(CO)cc2)cc1C12CC3CC(CC(C3)C1)C2. The van der Waals surface area contributed by atoms with Gasteiger partial charge in [0.25, 0.3) is 0 Å². The van der Waals surface area contributed by atoms with E-state index in [1.165, 1.54) is 44.1 Å². The third-order valence-electron chi connectivity index (χ3n) is 7.81. The molecule has 174 valence electrons. The Morgan fingerprint density at radius 3 is 2.15 bits per heavy atom. The summed E-state index contributed by atoms with van der Waals surface area (Å²) >= 11 is 0. The quantitative estimate of drug-likeness (QED) is 0.350. The van der Waals surface area contributed by atoms with Crippen molar-refractivity contribution in [1.29, 1.82) is 0 Å². The highest BCUT2D eigenvalue weighted by molar-refractivity contribution is 5.51. The molecule has 6 rings (SSSR count). The average Bonchev–Trinajstić information content (AvgIpc) is 2.82. The fraction of sp³-hybridized carbons (Fsp3) is 0.517. The second-order valence-corrected chi connectivity index (χ2v) is 10.2. The van der Waals surface area contributed by atoms with Gasteiger partial charge in [0.05, 0.1) is 19.8 Å². The molecule has 2 aromatic rings. The molecule has 0 amide bonds. The molecule has 0 saturated heterocycles. The zero-order valence-corrected chi connectivity index (χ0v) is 19.5. The van der Waals surface area contributed by atoms with E-state index in [0.29, 0.717) is 13.2 Å². The molecule has 0 spiro atoms. The Hall–Kier alpha value is -2.32. The minimum absolute atomic E-state index is 0.0543. The normalized spacial score (nSPS) is 27.3. The summed E-state index contributed by atoms with van der Waals surface area (Å²) in [5.74, 6) is 10.2. The summed E-state index contributed by atoms with van der Waals surface area (Å²) in [6.45, 7) is 1.39. The summed E-state index contributed by atoms with van der Waals surface area (Å²) in [4.78, 5) is 0. The molecular weight excluding hydrogens is 412 g/mol. The van der Waals surface area contributed by atoms with E-state index in [2.05, 4.69) is 30.0 Å². The molecule has 33 heavy (non-hydrogen) atoms. The van der Waals surface area contributed by atoms with Crippen LogP contribution in [0.3, 0.4) is 0 Å². The van der Waals surface area contributed by atoms with E-state index in [1.807, 2.05) is 24.3 Å². The van der Waals surface area contributed by atoms with Crippen molar-refractivity contribution in [2.24, 2.45) is 17.8 Å². The van der Waals surface area contributed by atoms with Gasteiger partial charge in [0.2, 0.25) is 0 Å². The van der Waals surface area contributed by atoms with Crippen LogP contribution in [0.25, 0.3) is 0 Å². The molecule has 0 heterocycles. The van der Waals surface area contributed by atoms with Crippen LogP contribution in [0, 0.1) is 29.6 Å². The molecule has 2 aromatic carbocycles. The Morgan fingerprint density at radius 2 is 1.52 bits per heavy atom. The summed E-state index contributed by atoms with van der Waals surface area (Å²) in [7, 11) is 1.68. The van der Waals surface area contributed by atoms with E-state index in [9.17, 15) is 5.11 Å². The van der Waals surface area contributed by atoms with Gasteiger partial charge in [-0.25, -0.2) is 0 Å². The van der Waals surface area contributed by atoms with Crippen LogP contribution in [0.4, 0.5) is 0 Å². The minimum atomic E-state index is 0.0543. The van der Waals surface area contributed by atoms with Crippen LogP contribution in [-0.2, 0) is 21.5 Å². The van der Waals surface area contributed by atoms with E-state index >= 15 is 0 Å². The van der Waals surface area contributed by atoms with Gasteiger partial charge in [0.1, 0.15) is 5.75 Å². The van der Waals surface area contributed by atoms with Crippen molar-refractivity contribution in [2.75, 3.05) is 27.1 Å². The van der Waals surface area contributed by atoms with Gasteiger partial charge < -0.3 is 19.3 Å². The van der Waals surface area contributed by atoms with E-state index in [0.717, 1.165) is 40.2 Å². The topological polar surface area (TPSA) is 47.9 Å². The monoisotopic (exact) mass is 446 g/mol. The highest BCUT2D eigenvalue weighted by atomic mass is 16.7. The Balaban J connectivity index is 1.42. The lowest BCUT2D eigenvalue weighted by atomic mass is 9.48. The van der Waals surface area contributed by atoms with Crippen LogP contribution in [0.15, 0.2) is 42.5 Å². The number of hydrogen-bond donors (Lipinski definition) is 1. The zero-order valence-electron chi connectivity index (χ0n) is 19.5. The molecule has 4 aliphatic carbocycles. The third kappa shape index (κ3) is 4.96. The second kappa shape index (κ2) is 9.89. The standard InChI is InChI=1S/C29H34O4/c1-31-10-11-32-20-33-28-9-8-22(5-2-21-3-6-23(19-30)7-4-21)15-27(28)29-16-24-12-25(17-29)14-26(13-24)18-29/h3-4,6-9,15,24-26,30H,10-14,16-20H2,1H3. The molecule has 0 atom stereocenters. The summed E-state index contributed by atoms with van der Waals surface area (Å²) < 4.78 is 16.8. The maximum atomic E-state index is 9.25. The van der Waals surface area contributed by atoms with Crippen LogP contribution < -0.4 is 4.74 Å². The predicted molar refractivity (Wildman–Crippen MR) is 128 cm³/mol. The average molecular weight is 447 g/mol. The molecule has 4 aliphatic rings. The largest absolute Gasteiger partial charge is 0.467 e. The van der Waals surface area contributed by atoms with Gasteiger partial charge >= 0.3 is 0 Å². The third-order valence-corrected chi connectivity index (χ3v) is 7.81. The highest BCUT2D eigenvalue weighted by Crippen LogP contribution is 2.61. The molecule has 0 aliphatic heterocycles. The number of hydrogen-bond acceptors (Lipinski definition) is 4. The summed E-state index contributed by atoms with van der Waals surface area (Å²) in [6.07, 6.45) is 8.08. The predicted octanol–water partition coefficient (Wildman–Crippen LogP) is 5.05. The van der Waals surface area contributed by atoms with Crippen LogP contribution in [0.2, 0.25) is 0 Å². The van der Waals surface area contributed by atoms with Crippen LogP contribution >= 0.6 is 0 Å². The number of aliphatic hydroxyl groups excluding tert-OH is 1. The lowest BCUT2D eigenvalue weighted by Crippen LogP contribution is -2.48. The summed E-state index contributed by atoms with van der Waals surface area (Å²) in [6, 6.07) is 14.2. The summed E-state index contributed by atoms with van der Waals surface area (Å²) in [5.41, 5.74) is 4.44. The van der Waals surface area contributed by atoms with Gasteiger partial charge in [-0.05, 0) is 97.6 Å². The first-order valence-corrected chi connectivity index (χ1v) is 12.2. The van der Waals surface area contributed by atoms with Gasteiger partial charge in [-0.15, -0.1) is 0 Å². The fourth-order valence-corrected chi connectivity index (χ4v) is 6.73. The maximum Gasteiger partial charge on any atom is 0.189 e. The molecule has 4 fully saturated rings. The number of rotatable bonds is 8. The van der Waals surface area contributed by atoms with Gasteiger partial charge in [0, 0.05) is 23.8 Å². The van der Waals surface area contributed by atoms with Gasteiger partial charge in [-0.3, -0.25) is 0 Å². The lowest BCUT2D eigenvalue weighted by molar-refractivity contribution is -0.0189. The van der Waals surface area contributed by atoms with Crippen molar-refractivity contribution in [3.63, 3.8) is 0 Å². The van der Waals surface area contributed by atoms with E-state index in [1.54, 1.807) is 7.11 Å². The van der Waals surface area contributed by atoms with Crippen molar-refractivity contribution >= 4 is 0 Å². The smallest absolute Gasteiger partial charge is 0.189 e. The van der Waals surface area contributed by atoms with Crippen molar-refractivity contribution in [3.05, 3.63) is 64.7 Å². The lowest BCUT2D eigenvalue weighted by Gasteiger charge is -2.57. The van der Waals surface area contributed by atoms with Gasteiger partial charge in [0.15, 0.2) is 6.79 Å². The molecule has 0 unspecified atom stereocenters. The highest BCUT2D eigenvalue weighted by Gasteiger charge is 2.52. The van der Waals surface area contributed by atoms with E-state index < -0.39 is 0 Å². The number of ether oxygens (including phenoxy) is 3. The molecule has 1 N–H and O–H groups in total. The van der Waals surface area contributed by atoms with Crippen LogP contribution in [0.1, 0.15) is 60.8 Å². The Bertz CT molecular complexity index is 979. The van der Waals surface area contributed by atoms with Crippen LogP contribution in [-0.4, -0.2) is 32.2 Å². The Morgan fingerprint density at radius 1 is 0.879 bits per heavy atom. The fourth-order valence-electron chi connectivity index (χ4n) is 6.73. The van der Waals surface area contributed by atoms with E-state index in [-0.39, 0.29) is 18.8 Å². The zero-order chi connectivity index (χ0) is 22.7. The minimum Gasteiger partial charge on any atom is -0.467 e. The second-order valence-electron chi connectivity index (χ2n) is 10.2. The number of benzene rings is 2. The van der Waals surface area contributed by atoms with Crippen molar-refractivity contribution in [2.45, 2.75) is 50.5 Å². The molecule has 4 bridgehead atoms. The van der Waals surface area contributed by atoms with Crippen LogP contribution in [0.5, 0.6) is 5.75 Å². The van der Waals surface area contributed by atoms with Crippen molar-refractivity contribution in [3.8, 4) is 17.6 Å². The molecule has 4 saturated carbocycles. The first-order valence-electron chi connectivity index (χ1n) is 12.2. The molecule has 0 aromatic heterocycles. The van der Waals surface area contributed by atoms with Gasteiger partial charge in [-0.1, -0.05) is 24.0 Å². The maximum absolute atomic E-state index is 9.25. The first kappa shape index (κ1) is 22.5. The number of aliphatic hydroxyl groups is 1. The molecule has 4 nitrogen and oxygen atoms in total. The van der Waals surface area contributed by atoms with Crippen molar-refractivity contribution < 1.29 is 19.3 Å². The molecule has 0 radical (unpaired) electrons. The number of methoxy groups -OCH3 is 1. The summed E-state index contributed by atoms with van der Waals surface area (Å²) in [5, 5.41) is 9.25. The Labute approximate surface area is 197 Å². The van der Waals surface area contributed by atoms with Crippen molar-refractivity contribution in [1.82, 2.24) is 0 Å². The first-order chi connectivity index (χ1) is 16.2. The van der Waals surface area contributed by atoms with Gasteiger partial charge in [-0.2, -0.15) is 0 Å². The van der Waals surface area contributed by atoms with E-state index in [4.69, 9.17) is 14.2 Å².